The summed E-state index contributed by atoms with van der Waals surface area (Å²) in [7, 11) is 1.35. The molecule has 0 aliphatic carbocycles. The van der Waals surface area contributed by atoms with Crippen LogP contribution in [0.15, 0.2) is 63.9 Å². The summed E-state index contributed by atoms with van der Waals surface area (Å²) >= 11 is 6.37. The second-order valence-corrected chi connectivity index (χ2v) is 8.48. The summed E-state index contributed by atoms with van der Waals surface area (Å²) < 4.78 is 49.1. The minimum Gasteiger partial charge on any atom is -0.477 e. The monoisotopic (exact) mass is 506 g/mol. The fourth-order valence-corrected chi connectivity index (χ4v) is 4.34. The van der Waals surface area contributed by atoms with E-state index in [4.69, 9.17) is 21.1 Å². The number of hydrogen-bond acceptors (Lipinski definition) is 5. The zero-order valence-corrected chi connectivity index (χ0v) is 19.1. The van der Waals surface area contributed by atoms with Gasteiger partial charge in [-0.15, -0.1) is 0 Å². The zero-order valence-electron chi connectivity index (χ0n) is 18.3. The highest BCUT2D eigenvalue weighted by Crippen LogP contribution is 2.50. The molecule has 2 heterocycles. The predicted octanol–water partition coefficient (Wildman–Crippen LogP) is 5.10. The molecular weight excluding hydrogens is 489 g/mol. The van der Waals surface area contributed by atoms with Gasteiger partial charge in [-0.25, -0.2) is 14.6 Å². The third-order valence-electron chi connectivity index (χ3n) is 6.07. The third kappa shape index (κ3) is 4.08. The summed E-state index contributed by atoms with van der Waals surface area (Å²) in [5.41, 5.74) is -2.75. The highest BCUT2D eigenvalue weighted by molar-refractivity contribution is 6.31. The number of aromatic nitrogens is 2. The van der Waals surface area contributed by atoms with Gasteiger partial charge in [-0.2, -0.15) is 13.2 Å². The van der Waals surface area contributed by atoms with Gasteiger partial charge in [-0.1, -0.05) is 42.8 Å². The van der Waals surface area contributed by atoms with Gasteiger partial charge in [0.05, 0.1) is 5.52 Å². The molecule has 0 spiro atoms. The van der Waals surface area contributed by atoms with Gasteiger partial charge < -0.3 is 14.6 Å². The molecule has 2 aromatic heterocycles. The van der Waals surface area contributed by atoms with Gasteiger partial charge in [-0.05, 0) is 41.0 Å². The van der Waals surface area contributed by atoms with Crippen LogP contribution in [0.5, 0.6) is 0 Å². The Kier molecular flexibility index (Phi) is 5.98. The predicted molar refractivity (Wildman–Crippen MR) is 121 cm³/mol. The van der Waals surface area contributed by atoms with Gasteiger partial charge in [0.2, 0.25) is 0 Å². The molecule has 0 saturated heterocycles. The number of hydrogen-bond donors (Lipinski definition) is 2. The van der Waals surface area contributed by atoms with Gasteiger partial charge in [0.15, 0.2) is 11.2 Å². The SMILES string of the molecule is C[C@H](c1ccc(-c2ccc(C(=O)O)nc2)cc1Cl)[C@@](O)(c1ccc2oc(=O)n(C)c2c1)C(F)(F)F. The number of aromatic carboxylic acids is 1. The number of pyridine rings is 1. The number of rotatable bonds is 5. The molecule has 0 bridgehead atoms. The van der Waals surface area contributed by atoms with Crippen molar-refractivity contribution >= 4 is 28.7 Å². The van der Waals surface area contributed by atoms with E-state index in [-0.39, 0.29) is 27.4 Å². The summed E-state index contributed by atoms with van der Waals surface area (Å²) in [5, 5.41) is 20.1. The molecule has 35 heavy (non-hydrogen) atoms. The maximum absolute atomic E-state index is 14.4. The first-order valence-corrected chi connectivity index (χ1v) is 10.6. The molecule has 0 radical (unpaired) electrons. The van der Waals surface area contributed by atoms with Crippen molar-refractivity contribution in [2.75, 3.05) is 0 Å². The highest BCUT2D eigenvalue weighted by atomic mass is 35.5. The number of carboxylic acid groups (broad SMARTS) is 1. The Morgan fingerprint density at radius 1 is 1.11 bits per heavy atom. The Bertz CT molecular complexity index is 1490. The molecule has 0 aliphatic heterocycles. The van der Waals surface area contributed by atoms with Crippen LogP contribution in [0.2, 0.25) is 5.02 Å². The number of alkyl halides is 3. The van der Waals surface area contributed by atoms with Crippen LogP contribution in [0, 0.1) is 0 Å². The number of oxazole rings is 1. The van der Waals surface area contributed by atoms with E-state index in [2.05, 4.69) is 4.98 Å². The van der Waals surface area contributed by atoms with Gasteiger partial charge in [-0.3, -0.25) is 4.57 Å². The molecule has 4 aromatic rings. The van der Waals surface area contributed by atoms with Crippen molar-refractivity contribution in [1.82, 2.24) is 9.55 Å². The van der Waals surface area contributed by atoms with E-state index in [9.17, 15) is 27.9 Å². The van der Waals surface area contributed by atoms with E-state index in [0.29, 0.717) is 11.1 Å². The van der Waals surface area contributed by atoms with E-state index >= 15 is 0 Å². The van der Waals surface area contributed by atoms with E-state index in [1.54, 1.807) is 0 Å². The molecule has 2 N–H and O–H groups in total. The van der Waals surface area contributed by atoms with E-state index in [1.165, 1.54) is 56.6 Å². The molecule has 7 nitrogen and oxygen atoms in total. The number of fused-ring (bicyclic) bond motifs is 1. The number of aliphatic hydroxyl groups is 1. The molecule has 0 amide bonds. The minimum absolute atomic E-state index is 0.0308. The van der Waals surface area contributed by atoms with Crippen molar-refractivity contribution in [1.29, 1.82) is 0 Å². The Morgan fingerprint density at radius 3 is 2.37 bits per heavy atom. The van der Waals surface area contributed by atoms with Crippen LogP contribution < -0.4 is 5.76 Å². The van der Waals surface area contributed by atoms with Crippen LogP contribution >= 0.6 is 11.6 Å². The maximum atomic E-state index is 14.4. The third-order valence-corrected chi connectivity index (χ3v) is 6.40. The first-order valence-electron chi connectivity index (χ1n) is 10.2. The largest absolute Gasteiger partial charge is 0.477 e. The number of benzene rings is 2. The molecule has 0 aliphatic rings. The summed E-state index contributed by atoms with van der Waals surface area (Å²) in [4.78, 5) is 26.6. The molecule has 0 unspecified atom stereocenters. The second kappa shape index (κ2) is 8.54. The number of carbonyl (C=O) groups is 1. The summed E-state index contributed by atoms with van der Waals surface area (Å²) in [6.45, 7) is 1.20. The lowest BCUT2D eigenvalue weighted by atomic mass is 9.77. The smallest absolute Gasteiger partial charge is 0.422 e. The van der Waals surface area contributed by atoms with Gasteiger partial charge >= 0.3 is 17.9 Å². The van der Waals surface area contributed by atoms with Crippen LogP contribution in [0.25, 0.3) is 22.2 Å². The molecule has 0 fully saturated rings. The van der Waals surface area contributed by atoms with Gasteiger partial charge in [0, 0.05) is 29.7 Å². The summed E-state index contributed by atoms with van der Waals surface area (Å²) in [6.07, 6.45) is -3.78. The number of carboxylic acids is 1. The molecule has 0 saturated carbocycles. The van der Waals surface area contributed by atoms with Gasteiger partial charge in [0.1, 0.15) is 5.69 Å². The molecule has 2 atom stereocenters. The van der Waals surface area contributed by atoms with E-state index in [1.807, 2.05) is 0 Å². The first kappa shape index (κ1) is 24.5. The normalized spacial score (nSPS) is 14.6. The standard InChI is InChI=1S/C24H18ClF3N2O5/c1-12(16-6-3-13(9-17(16)25)14-4-7-18(21(31)32)29-11-14)23(34,24(26,27)28)15-5-8-20-19(10-15)30(2)22(33)35-20/h3-12,34H,1-2H3,(H,31,32)/t12-,23-/m1/s1. The fourth-order valence-electron chi connectivity index (χ4n) is 4.00. The number of halogens is 4. The van der Waals surface area contributed by atoms with Crippen LogP contribution in [0.4, 0.5) is 13.2 Å². The lowest BCUT2D eigenvalue weighted by Crippen LogP contribution is -2.46. The number of nitrogens with zero attached hydrogens (tertiary/aromatic N) is 2. The van der Waals surface area contributed by atoms with E-state index in [0.717, 1.165) is 16.7 Å². The fraction of sp³-hybridized carbons (Fsp3) is 0.208. The van der Waals surface area contributed by atoms with Crippen molar-refractivity contribution in [3.8, 4) is 11.1 Å². The summed E-state index contributed by atoms with van der Waals surface area (Å²) in [5.74, 6) is -3.48. The van der Waals surface area contributed by atoms with Crippen molar-refractivity contribution < 1.29 is 32.6 Å². The Balaban J connectivity index is 1.78. The average Bonchev–Trinajstić information content (AvgIpc) is 3.10. The lowest BCUT2D eigenvalue weighted by Gasteiger charge is -2.37. The molecule has 2 aromatic carbocycles. The van der Waals surface area contributed by atoms with Crippen molar-refractivity contribution in [3.63, 3.8) is 0 Å². The Hall–Kier alpha value is -3.63. The molecular formula is C24H18ClF3N2O5. The van der Waals surface area contributed by atoms with Crippen LogP contribution in [0.1, 0.15) is 34.5 Å². The Morgan fingerprint density at radius 2 is 1.80 bits per heavy atom. The highest BCUT2D eigenvalue weighted by Gasteiger charge is 2.59. The topological polar surface area (TPSA) is 106 Å². The van der Waals surface area contributed by atoms with Crippen LogP contribution in [0.3, 0.4) is 0 Å². The molecule has 11 heteroatoms. The van der Waals surface area contributed by atoms with Crippen molar-refractivity contribution in [2.45, 2.75) is 24.6 Å². The maximum Gasteiger partial charge on any atom is 0.422 e. The van der Waals surface area contributed by atoms with Crippen molar-refractivity contribution in [3.05, 3.63) is 87.1 Å². The summed E-state index contributed by atoms with van der Waals surface area (Å²) in [6, 6.07) is 10.4. The quantitative estimate of drug-likeness (QED) is 0.390. The number of aryl methyl sites for hydroxylation is 1. The average molecular weight is 507 g/mol. The lowest BCUT2D eigenvalue weighted by molar-refractivity contribution is -0.274. The van der Waals surface area contributed by atoms with Crippen LogP contribution in [-0.2, 0) is 12.6 Å². The van der Waals surface area contributed by atoms with Gasteiger partial charge in [0.25, 0.3) is 0 Å². The van der Waals surface area contributed by atoms with Crippen LogP contribution in [-0.4, -0.2) is 31.9 Å². The van der Waals surface area contributed by atoms with Crippen molar-refractivity contribution in [2.24, 2.45) is 7.05 Å². The van der Waals surface area contributed by atoms with E-state index < -0.39 is 35.0 Å². The molecule has 182 valence electrons. The molecule has 4 rings (SSSR count). The Labute approximate surface area is 201 Å². The second-order valence-electron chi connectivity index (χ2n) is 8.07. The first-order chi connectivity index (χ1) is 16.3. The zero-order chi connectivity index (χ0) is 25.7. The minimum atomic E-state index is -5.10.